The zero-order valence-electron chi connectivity index (χ0n) is 12.7. The monoisotopic (exact) mass is 288 g/mol. The van der Waals surface area contributed by atoms with Crippen LogP contribution in [0.4, 0.5) is 0 Å². The third-order valence-corrected chi connectivity index (χ3v) is 4.51. The first-order valence-corrected chi connectivity index (χ1v) is 7.92. The van der Waals surface area contributed by atoms with Crippen LogP contribution in [-0.2, 0) is 11.3 Å². The zero-order valence-corrected chi connectivity index (χ0v) is 12.7. The van der Waals surface area contributed by atoms with Crippen LogP contribution in [0.25, 0.3) is 0 Å². The number of benzene rings is 1. The van der Waals surface area contributed by atoms with Gasteiger partial charge in [0.15, 0.2) is 0 Å². The quantitative estimate of drug-likeness (QED) is 0.903. The summed E-state index contributed by atoms with van der Waals surface area (Å²) in [4.78, 5) is 14.1. The molecule has 114 valence electrons. The Balaban J connectivity index is 1.46. The van der Waals surface area contributed by atoms with Crippen LogP contribution in [0, 0.1) is 5.92 Å². The summed E-state index contributed by atoms with van der Waals surface area (Å²) in [5.74, 6) is 1.67. The van der Waals surface area contributed by atoms with E-state index in [0.717, 1.165) is 51.1 Å². The molecule has 1 heterocycles. The van der Waals surface area contributed by atoms with Crippen LogP contribution in [0.3, 0.4) is 0 Å². The number of ether oxygens (including phenoxy) is 1. The minimum atomic E-state index is 0.350. The predicted molar refractivity (Wildman–Crippen MR) is 82.2 cm³/mol. The summed E-state index contributed by atoms with van der Waals surface area (Å²) in [7, 11) is 1.71. The zero-order chi connectivity index (χ0) is 14.7. The first kappa shape index (κ1) is 14.4. The molecule has 1 N–H and O–H groups in total. The number of nitrogens with one attached hydrogen (secondary N) is 1. The summed E-state index contributed by atoms with van der Waals surface area (Å²) in [6.45, 7) is 2.63. The Labute approximate surface area is 126 Å². The average Bonchev–Trinajstić information content (AvgIpc) is 3.38. The second-order valence-electron chi connectivity index (χ2n) is 6.07. The van der Waals surface area contributed by atoms with Gasteiger partial charge in [0.1, 0.15) is 5.75 Å². The lowest BCUT2D eigenvalue weighted by molar-refractivity contribution is -0.133. The molecule has 1 saturated carbocycles. The van der Waals surface area contributed by atoms with Crippen LogP contribution in [0.15, 0.2) is 24.3 Å². The van der Waals surface area contributed by atoms with Crippen molar-refractivity contribution in [1.82, 2.24) is 10.2 Å². The highest BCUT2D eigenvalue weighted by Crippen LogP contribution is 2.31. The number of likely N-dealkylation sites (tertiary alicyclic amines) is 1. The number of nitrogens with zero attached hydrogens (tertiary/aromatic N) is 1. The third kappa shape index (κ3) is 3.56. The van der Waals surface area contributed by atoms with Crippen molar-refractivity contribution < 1.29 is 9.53 Å². The summed E-state index contributed by atoms with van der Waals surface area (Å²) >= 11 is 0. The third-order valence-electron chi connectivity index (χ3n) is 4.51. The second kappa shape index (κ2) is 6.48. The second-order valence-corrected chi connectivity index (χ2v) is 6.07. The fourth-order valence-corrected chi connectivity index (χ4v) is 3.00. The standard InChI is InChI=1S/C17H24N2O2/c1-21-16-5-3-2-4-14(16)12-18-15-8-10-19(11-9-15)17(20)13-6-7-13/h2-5,13,15,18H,6-12H2,1H3. The highest BCUT2D eigenvalue weighted by atomic mass is 16.5. The lowest BCUT2D eigenvalue weighted by atomic mass is 10.0. The van der Waals surface area contributed by atoms with Gasteiger partial charge in [-0.1, -0.05) is 18.2 Å². The van der Waals surface area contributed by atoms with Gasteiger partial charge >= 0.3 is 0 Å². The molecule has 1 aliphatic carbocycles. The Morgan fingerprint density at radius 2 is 1.95 bits per heavy atom. The van der Waals surface area contributed by atoms with E-state index in [1.165, 1.54) is 5.56 Å². The number of para-hydroxylation sites is 1. The molecule has 4 heteroatoms. The smallest absolute Gasteiger partial charge is 0.225 e. The van der Waals surface area contributed by atoms with Crippen LogP contribution in [0.5, 0.6) is 5.75 Å². The molecule has 21 heavy (non-hydrogen) atoms. The molecular formula is C17H24N2O2. The van der Waals surface area contributed by atoms with Gasteiger partial charge < -0.3 is 15.0 Å². The van der Waals surface area contributed by atoms with Crippen molar-refractivity contribution in [2.75, 3.05) is 20.2 Å². The molecule has 4 nitrogen and oxygen atoms in total. The van der Waals surface area contributed by atoms with Crippen LogP contribution >= 0.6 is 0 Å². The van der Waals surface area contributed by atoms with E-state index in [1.54, 1.807) is 7.11 Å². The Morgan fingerprint density at radius 3 is 2.62 bits per heavy atom. The van der Waals surface area contributed by atoms with Gasteiger partial charge in [-0.15, -0.1) is 0 Å². The lowest BCUT2D eigenvalue weighted by Gasteiger charge is -2.32. The predicted octanol–water partition coefficient (Wildman–Crippen LogP) is 2.19. The SMILES string of the molecule is COc1ccccc1CNC1CCN(C(=O)C2CC2)CC1. The molecule has 0 atom stereocenters. The molecule has 0 spiro atoms. The van der Waals surface area contributed by atoms with E-state index in [1.807, 2.05) is 18.2 Å². The number of methoxy groups -OCH3 is 1. The highest BCUT2D eigenvalue weighted by Gasteiger charge is 2.34. The highest BCUT2D eigenvalue weighted by molar-refractivity contribution is 5.81. The Bertz CT molecular complexity index is 491. The summed E-state index contributed by atoms with van der Waals surface area (Å²) in [6.07, 6.45) is 4.30. The van der Waals surface area contributed by atoms with Gasteiger partial charge in [-0.2, -0.15) is 0 Å². The maximum Gasteiger partial charge on any atom is 0.225 e. The van der Waals surface area contributed by atoms with Gasteiger partial charge in [-0.3, -0.25) is 4.79 Å². The van der Waals surface area contributed by atoms with Gasteiger partial charge in [0, 0.05) is 37.2 Å². The van der Waals surface area contributed by atoms with Crippen LogP contribution in [0.1, 0.15) is 31.2 Å². The molecule has 0 radical (unpaired) electrons. The van der Waals surface area contributed by atoms with E-state index in [9.17, 15) is 4.79 Å². The number of carbonyl (C=O) groups excluding carboxylic acids is 1. The molecule has 1 aromatic carbocycles. The van der Waals surface area contributed by atoms with Crippen molar-refractivity contribution in [2.45, 2.75) is 38.3 Å². The Kier molecular flexibility index (Phi) is 4.44. The summed E-state index contributed by atoms with van der Waals surface area (Å²) in [5.41, 5.74) is 1.19. The summed E-state index contributed by atoms with van der Waals surface area (Å²) in [5, 5.41) is 3.60. The normalized spacial score (nSPS) is 19.6. The van der Waals surface area contributed by atoms with Crippen molar-refractivity contribution in [1.29, 1.82) is 0 Å². The number of rotatable bonds is 5. The van der Waals surface area contributed by atoms with Crippen LogP contribution < -0.4 is 10.1 Å². The minimum Gasteiger partial charge on any atom is -0.496 e. The Hall–Kier alpha value is -1.55. The molecule has 1 aromatic rings. The minimum absolute atomic E-state index is 0.350. The molecular weight excluding hydrogens is 264 g/mol. The first-order chi connectivity index (χ1) is 10.3. The molecule has 0 aromatic heterocycles. The number of hydrogen-bond donors (Lipinski definition) is 1. The molecule has 1 amide bonds. The Morgan fingerprint density at radius 1 is 1.24 bits per heavy atom. The number of piperidine rings is 1. The van der Waals surface area contributed by atoms with E-state index in [-0.39, 0.29) is 0 Å². The fraction of sp³-hybridized carbons (Fsp3) is 0.588. The summed E-state index contributed by atoms with van der Waals surface area (Å²) in [6, 6.07) is 8.62. The van der Waals surface area contributed by atoms with Crippen LogP contribution in [-0.4, -0.2) is 37.0 Å². The van der Waals surface area contributed by atoms with Crippen LogP contribution in [0.2, 0.25) is 0 Å². The van der Waals surface area contributed by atoms with E-state index in [4.69, 9.17) is 4.74 Å². The van der Waals surface area contributed by atoms with Crippen molar-refractivity contribution >= 4 is 5.91 Å². The topological polar surface area (TPSA) is 41.6 Å². The fourth-order valence-electron chi connectivity index (χ4n) is 3.00. The average molecular weight is 288 g/mol. The molecule has 3 rings (SSSR count). The molecule has 1 aliphatic heterocycles. The number of hydrogen-bond acceptors (Lipinski definition) is 3. The molecule has 2 aliphatic rings. The number of carbonyl (C=O) groups is 1. The maximum absolute atomic E-state index is 12.0. The summed E-state index contributed by atoms with van der Waals surface area (Å²) < 4.78 is 5.37. The maximum atomic E-state index is 12.0. The van der Waals surface area contributed by atoms with Crippen molar-refractivity contribution in [2.24, 2.45) is 5.92 Å². The van der Waals surface area contributed by atoms with Crippen molar-refractivity contribution in [3.63, 3.8) is 0 Å². The lowest BCUT2D eigenvalue weighted by Crippen LogP contribution is -2.45. The van der Waals surface area contributed by atoms with E-state index in [2.05, 4.69) is 16.3 Å². The van der Waals surface area contributed by atoms with Gasteiger partial charge in [-0.05, 0) is 31.7 Å². The van der Waals surface area contributed by atoms with Crippen molar-refractivity contribution in [3.8, 4) is 5.75 Å². The van der Waals surface area contributed by atoms with Gasteiger partial charge in [0.05, 0.1) is 7.11 Å². The van der Waals surface area contributed by atoms with E-state index >= 15 is 0 Å². The first-order valence-electron chi connectivity index (χ1n) is 7.92. The van der Waals surface area contributed by atoms with Gasteiger partial charge in [0.2, 0.25) is 5.91 Å². The molecule has 0 unspecified atom stereocenters. The molecule has 1 saturated heterocycles. The van der Waals surface area contributed by atoms with E-state index in [0.29, 0.717) is 17.9 Å². The van der Waals surface area contributed by atoms with Crippen molar-refractivity contribution in [3.05, 3.63) is 29.8 Å². The van der Waals surface area contributed by atoms with Gasteiger partial charge in [-0.25, -0.2) is 0 Å². The number of amides is 1. The van der Waals surface area contributed by atoms with Gasteiger partial charge in [0.25, 0.3) is 0 Å². The van der Waals surface area contributed by atoms with E-state index < -0.39 is 0 Å². The largest absolute Gasteiger partial charge is 0.496 e. The molecule has 2 fully saturated rings. The molecule has 0 bridgehead atoms.